The topological polar surface area (TPSA) is 49.4 Å². The third kappa shape index (κ3) is 6.36. The molecule has 0 radical (unpaired) electrons. The molecule has 6 heteroatoms. The number of rotatable bonds is 8. The Hall–Kier alpha value is -2.40. The van der Waals surface area contributed by atoms with Crippen LogP contribution in [0.15, 0.2) is 48.5 Å². The quantitative estimate of drug-likeness (QED) is 0.741. The number of carbonyl (C=O) groups excluding carboxylic acids is 2. The van der Waals surface area contributed by atoms with Crippen molar-refractivity contribution in [3.05, 3.63) is 70.5 Å². The monoisotopic (exact) mass is 390 g/mol. The number of halogens is 2. The summed E-state index contributed by atoms with van der Waals surface area (Å²) >= 11 is 5.93. The van der Waals surface area contributed by atoms with Gasteiger partial charge < -0.3 is 10.2 Å². The van der Waals surface area contributed by atoms with Gasteiger partial charge in [0.25, 0.3) is 0 Å². The minimum absolute atomic E-state index is 0.0965. The molecule has 2 rings (SSSR count). The maximum absolute atomic E-state index is 13.1. The van der Waals surface area contributed by atoms with E-state index in [0.29, 0.717) is 17.1 Å². The molecule has 1 N–H and O–H groups in total. The Labute approximate surface area is 164 Å². The Balaban J connectivity index is 2.18. The predicted octanol–water partition coefficient (Wildman–Crippen LogP) is 3.97. The molecule has 2 amide bonds. The third-order valence-corrected chi connectivity index (χ3v) is 4.50. The van der Waals surface area contributed by atoms with Gasteiger partial charge in [-0.15, -0.1) is 0 Å². The van der Waals surface area contributed by atoms with Gasteiger partial charge in [-0.1, -0.05) is 42.8 Å². The Morgan fingerprint density at radius 1 is 1.07 bits per heavy atom. The van der Waals surface area contributed by atoms with Crippen LogP contribution in [0.5, 0.6) is 0 Å². The minimum atomic E-state index is -0.625. The zero-order valence-electron chi connectivity index (χ0n) is 15.5. The summed E-state index contributed by atoms with van der Waals surface area (Å²) in [6.07, 6.45) is 0.915. The van der Waals surface area contributed by atoms with Crippen LogP contribution >= 0.6 is 11.6 Å². The lowest BCUT2D eigenvalue weighted by molar-refractivity contribution is -0.140. The van der Waals surface area contributed by atoms with Crippen LogP contribution in [0.25, 0.3) is 0 Å². The van der Waals surface area contributed by atoms with E-state index in [-0.39, 0.29) is 30.6 Å². The number of nitrogens with zero attached hydrogens (tertiary/aromatic N) is 1. The molecule has 2 aromatic carbocycles. The zero-order chi connectivity index (χ0) is 19.8. The van der Waals surface area contributed by atoms with Gasteiger partial charge in [-0.05, 0) is 48.7 Å². The van der Waals surface area contributed by atoms with E-state index in [4.69, 9.17) is 11.6 Å². The van der Waals surface area contributed by atoms with Crippen molar-refractivity contribution in [3.63, 3.8) is 0 Å². The predicted molar refractivity (Wildman–Crippen MR) is 105 cm³/mol. The smallest absolute Gasteiger partial charge is 0.242 e. The van der Waals surface area contributed by atoms with Gasteiger partial charge in [0, 0.05) is 18.1 Å². The summed E-state index contributed by atoms with van der Waals surface area (Å²) < 4.78 is 13.1. The van der Waals surface area contributed by atoms with Crippen LogP contribution in [0.3, 0.4) is 0 Å². The first-order chi connectivity index (χ1) is 12.9. The van der Waals surface area contributed by atoms with Crippen LogP contribution in [0.2, 0.25) is 5.02 Å². The first-order valence-electron chi connectivity index (χ1n) is 8.96. The summed E-state index contributed by atoms with van der Waals surface area (Å²) in [4.78, 5) is 26.9. The van der Waals surface area contributed by atoms with Crippen LogP contribution in [-0.4, -0.2) is 29.3 Å². The number of amides is 2. The molecule has 0 unspecified atom stereocenters. The highest BCUT2D eigenvalue weighted by Gasteiger charge is 2.26. The van der Waals surface area contributed by atoms with Gasteiger partial charge in [-0.25, -0.2) is 4.39 Å². The van der Waals surface area contributed by atoms with Gasteiger partial charge in [0.15, 0.2) is 0 Å². The van der Waals surface area contributed by atoms with Crippen molar-refractivity contribution in [1.29, 1.82) is 0 Å². The molecule has 0 aliphatic heterocycles. The number of carbonyl (C=O) groups is 2. The van der Waals surface area contributed by atoms with Crippen LogP contribution < -0.4 is 5.32 Å². The van der Waals surface area contributed by atoms with Crippen LogP contribution in [0.1, 0.15) is 31.4 Å². The molecule has 0 aliphatic rings. The average Bonchev–Trinajstić information content (AvgIpc) is 2.66. The van der Waals surface area contributed by atoms with Gasteiger partial charge in [0.2, 0.25) is 11.8 Å². The lowest BCUT2D eigenvalue weighted by Gasteiger charge is -2.29. The highest BCUT2D eigenvalue weighted by Crippen LogP contribution is 2.15. The van der Waals surface area contributed by atoms with Gasteiger partial charge in [-0.3, -0.25) is 9.59 Å². The molecular weight excluding hydrogens is 367 g/mol. The fourth-order valence-electron chi connectivity index (χ4n) is 2.64. The number of benzene rings is 2. The molecule has 0 aliphatic carbocycles. The summed E-state index contributed by atoms with van der Waals surface area (Å²) in [7, 11) is 0. The molecule has 0 fully saturated rings. The average molecular weight is 391 g/mol. The molecule has 0 saturated carbocycles. The van der Waals surface area contributed by atoms with Crippen molar-refractivity contribution in [1.82, 2.24) is 10.2 Å². The third-order valence-electron chi connectivity index (χ3n) is 4.25. The van der Waals surface area contributed by atoms with Gasteiger partial charge in [0.1, 0.15) is 11.9 Å². The highest BCUT2D eigenvalue weighted by molar-refractivity contribution is 6.30. The number of hydrogen-bond acceptors (Lipinski definition) is 2. The maximum Gasteiger partial charge on any atom is 0.242 e. The molecule has 1 atom stereocenters. The van der Waals surface area contributed by atoms with E-state index in [9.17, 15) is 14.0 Å². The van der Waals surface area contributed by atoms with E-state index >= 15 is 0 Å². The largest absolute Gasteiger partial charge is 0.354 e. The number of nitrogens with one attached hydrogen (secondary N) is 1. The second-order valence-corrected chi connectivity index (χ2v) is 6.85. The second-order valence-electron chi connectivity index (χ2n) is 6.42. The molecule has 27 heavy (non-hydrogen) atoms. The summed E-state index contributed by atoms with van der Waals surface area (Å²) in [5.74, 6) is -0.745. The molecule has 144 valence electrons. The molecule has 0 aromatic heterocycles. The second kappa shape index (κ2) is 10.1. The molecule has 0 spiro atoms. The maximum atomic E-state index is 13.1. The SMILES string of the molecule is CCCNC(=O)[C@@H](C)N(Cc1ccc(Cl)cc1)C(=O)Cc1ccc(F)cc1. The fourth-order valence-corrected chi connectivity index (χ4v) is 2.77. The van der Waals surface area contributed by atoms with Crippen molar-refractivity contribution < 1.29 is 14.0 Å². The first-order valence-corrected chi connectivity index (χ1v) is 9.34. The molecule has 0 saturated heterocycles. The Morgan fingerprint density at radius 3 is 2.26 bits per heavy atom. The van der Waals surface area contributed by atoms with Crippen LogP contribution in [0, 0.1) is 5.82 Å². The summed E-state index contributed by atoms with van der Waals surface area (Å²) in [6.45, 7) is 4.53. The standard InChI is InChI=1S/C21H24ClFN2O2/c1-3-12-24-21(27)15(2)25(14-17-4-8-18(22)9-5-17)20(26)13-16-6-10-19(23)11-7-16/h4-11,15H,3,12-14H2,1-2H3,(H,24,27)/t15-/m1/s1. The van der Waals surface area contributed by atoms with Crippen LogP contribution in [0.4, 0.5) is 4.39 Å². The highest BCUT2D eigenvalue weighted by atomic mass is 35.5. The first kappa shape index (κ1) is 20.9. The van der Waals surface area contributed by atoms with E-state index in [1.165, 1.54) is 17.0 Å². The van der Waals surface area contributed by atoms with E-state index in [1.54, 1.807) is 31.2 Å². The lowest BCUT2D eigenvalue weighted by atomic mass is 10.1. The van der Waals surface area contributed by atoms with E-state index in [0.717, 1.165) is 12.0 Å². The van der Waals surface area contributed by atoms with E-state index in [1.807, 2.05) is 19.1 Å². The molecule has 0 heterocycles. The van der Waals surface area contributed by atoms with Crippen molar-refractivity contribution >= 4 is 23.4 Å². The number of hydrogen-bond donors (Lipinski definition) is 1. The molecular formula is C21H24ClFN2O2. The van der Waals surface area contributed by atoms with Gasteiger partial charge >= 0.3 is 0 Å². The molecule has 0 bridgehead atoms. The Morgan fingerprint density at radius 2 is 1.67 bits per heavy atom. The van der Waals surface area contributed by atoms with Crippen molar-refractivity contribution in [3.8, 4) is 0 Å². The lowest BCUT2D eigenvalue weighted by Crippen LogP contribution is -2.48. The van der Waals surface area contributed by atoms with E-state index in [2.05, 4.69) is 5.32 Å². The molecule has 4 nitrogen and oxygen atoms in total. The normalized spacial score (nSPS) is 11.7. The summed E-state index contributed by atoms with van der Waals surface area (Å²) in [5.41, 5.74) is 1.57. The molecule has 2 aromatic rings. The van der Waals surface area contributed by atoms with Crippen LogP contribution in [-0.2, 0) is 22.6 Å². The van der Waals surface area contributed by atoms with Crippen molar-refractivity contribution in [2.75, 3.05) is 6.54 Å². The summed E-state index contributed by atoms with van der Waals surface area (Å²) in [5, 5.41) is 3.44. The van der Waals surface area contributed by atoms with Gasteiger partial charge in [0.05, 0.1) is 6.42 Å². The fraction of sp³-hybridized carbons (Fsp3) is 0.333. The van der Waals surface area contributed by atoms with Crippen molar-refractivity contribution in [2.45, 2.75) is 39.3 Å². The Bertz CT molecular complexity index is 763. The summed E-state index contributed by atoms with van der Waals surface area (Å²) in [6, 6.07) is 12.3. The van der Waals surface area contributed by atoms with E-state index < -0.39 is 6.04 Å². The Kier molecular flexibility index (Phi) is 7.80. The van der Waals surface area contributed by atoms with Gasteiger partial charge in [-0.2, -0.15) is 0 Å². The van der Waals surface area contributed by atoms with Crippen molar-refractivity contribution in [2.24, 2.45) is 0 Å². The zero-order valence-corrected chi connectivity index (χ0v) is 16.3. The minimum Gasteiger partial charge on any atom is -0.354 e.